The largest absolute Gasteiger partial charge is 0.496 e. The van der Waals surface area contributed by atoms with Crippen LogP contribution < -0.4 is 26.0 Å². The van der Waals surface area contributed by atoms with Crippen molar-refractivity contribution in [1.29, 1.82) is 0 Å². The van der Waals surface area contributed by atoms with Crippen molar-refractivity contribution in [3.05, 3.63) is 77.6 Å². The van der Waals surface area contributed by atoms with E-state index >= 15 is 0 Å². The number of aromatic nitrogens is 1. The highest BCUT2D eigenvalue weighted by Crippen LogP contribution is 2.61. The third-order valence-electron chi connectivity index (χ3n) is 12.2. The van der Waals surface area contributed by atoms with Gasteiger partial charge >= 0.3 is 0 Å². The van der Waals surface area contributed by atoms with Gasteiger partial charge in [-0.15, -0.1) is 0 Å². The molecule has 3 aromatic rings. The molecule has 2 aromatic carbocycles. The number of fused-ring (bicyclic) bond motifs is 2. The summed E-state index contributed by atoms with van der Waals surface area (Å²) in [6.07, 6.45) is 3.63. The quantitative estimate of drug-likeness (QED) is 0.176. The van der Waals surface area contributed by atoms with Gasteiger partial charge in [-0.1, -0.05) is 45.0 Å². The number of aliphatic hydroxyl groups excluding tert-OH is 1. The number of benzene rings is 2. The average Bonchev–Trinajstić information content (AvgIpc) is 3.49. The lowest BCUT2D eigenvalue weighted by molar-refractivity contribution is -0.175. The van der Waals surface area contributed by atoms with E-state index in [1.807, 2.05) is 50.6 Å². The Labute approximate surface area is 304 Å². The molecule has 2 heterocycles. The third-order valence-corrected chi connectivity index (χ3v) is 12.2. The van der Waals surface area contributed by atoms with Crippen molar-refractivity contribution < 1.29 is 19.5 Å². The molecule has 10 heteroatoms. The van der Waals surface area contributed by atoms with Gasteiger partial charge in [0.1, 0.15) is 11.8 Å². The highest BCUT2D eigenvalue weighted by atomic mass is 16.7. The molecule has 4 fully saturated rings. The fourth-order valence-electron chi connectivity index (χ4n) is 9.06. The molecule has 0 spiro atoms. The summed E-state index contributed by atoms with van der Waals surface area (Å²) in [5.41, 5.74) is 12.7. The number of rotatable bonds is 14. The van der Waals surface area contributed by atoms with Crippen LogP contribution in [0, 0.1) is 29.1 Å². The number of hydroxylamine groups is 2. The number of ether oxygens (including phenoxy) is 1. The van der Waals surface area contributed by atoms with Crippen LogP contribution in [-0.4, -0.2) is 79.6 Å². The lowest BCUT2D eigenvalue weighted by Gasteiger charge is -2.62. The number of nitrogens with zero attached hydrogens (tertiary/aromatic N) is 3. The zero-order valence-corrected chi connectivity index (χ0v) is 31.4. The number of methoxy groups -OCH3 is 1. The van der Waals surface area contributed by atoms with Crippen molar-refractivity contribution in [2.45, 2.75) is 84.3 Å². The van der Waals surface area contributed by atoms with E-state index in [1.165, 1.54) is 6.42 Å². The van der Waals surface area contributed by atoms with E-state index in [0.29, 0.717) is 36.3 Å². The van der Waals surface area contributed by atoms with E-state index < -0.39 is 24.2 Å². The Morgan fingerprint density at radius 1 is 1.18 bits per heavy atom. The lowest BCUT2D eigenvalue weighted by atomic mass is 9.45. The number of carbonyl (C=O) groups is 1. The number of pyridine rings is 1. The minimum atomic E-state index is -0.784. The molecule has 4 aliphatic rings. The van der Waals surface area contributed by atoms with E-state index in [1.54, 1.807) is 19.1 Å². The summed E-state index contributed by atoms with van der Waals surface area (Å²) in [5.74, 6) is 1.74. The molecule has 1 aromatic heterocycles. The van der Waals surface area contributed by atoms with Crippen LogP contribution in [0.1, 0.15) is 57.4 Å². The molecule has 51 heavy (non-hydrogen) atoms. The summed E-state index contributed by atoms with van der Waals surface area (Å²) in [4.78, 5) is 27.2. The van der Waals surface area contributed by atoms with E-state index in [0.717, 1.165) is 58.8 Å². The summed E-state index contributed by atoms with van der Waals surface area (Å²) in [6.45, 7) is 10.7. The number of amides is 1. The van der Waals surface area contributed by atoms with E-state index in [2.05, 4.69) is 65.6 Å². The van der Waals surface area contributed by atoms with Crippen LogP contribution in [0.2, 0.25) is 0 Å². The maximum atomic E-state index is 14.3. The van der Waals surface area contributed by atoms with Gasteiger partial charge in [-0.25, -0.2) is 0 Å². The number of para-hydroxylation sites is 1. The molecule has 8 atom stereocenters. The summed E-state index contributed by atoms with van der Waals surface area (Å²) in [5, 5.41) is 19.7. The predicted octanol–water partition coefficient (Wildman–Crippen LogP) is 4.78. The van der Waals surface area contributed by atoms with Gasteiger partial charge in [0.15, 0.2) is 0 Å². The van der Waals surface area contributed by atoms with Gasteiger partial charge in [0.2, 0.25) is 5.91 Å². The van der Waals surface area contributed by atoms with Crippen LogP contribution in [0.3, 0.4) is 0 Å². The molecule has 1 aliphatic heterocycles. The molecule has 1 saturated heterocycles. The Bertz CT molecular complexity index is 1650. The van der Waals surface area contributed by atoms with Gasteiger partial charge in [-0.05, 0) is 84.4 Å². The van der Waals surface area contributed by atoms with Crippen molar-refractivity contribution in [3.8, 4) is 16.9 Å². The standard InChI is InChI=1S/C41H58N6O4/c1-25-34-20-30(41(34,3)4)21-35(25)45-40(49)38-37(26(2)48)36(22-42)51-47(38)24-28-11-10-13-33(39(28)50-7)29-17-27(18-32(19-29)46(5)6)23-43-16-14-31-12-8-9-15-44-31/h8-13,15,17-19,25-26,30,34-38,43,48H,14,16,20-24,42H2,1-7H3,(H,45,49)/t25-,26-,30+,34-,35?,36-,37+,38-/m0/s1. The van der Waals surface area contributed by atoms with Crippen molar-refractivity contribution in [2.75, 3.05) is 39.2 Å². The molecule has 2 bridgehead atoms. The van der Waals surface area contributed by atoms with E-state index in [9.17, 15) is 9.90 Å². The van der Waals surface area contributed by atoms with Crippen LogP contribution >= 0.6 is 0 Å². The molecule has 3 aliphatic carbocycles. The summed E-state index contributed by atoms with van der Waals surface area (Å²) in [6, 6.07) is 18.1. The number of nitrogens with two attached hydrogens (primary N) is 1. The van der Waals surface area contributed by atoms with Gasteiger partial charge in [0.05, 0.1) is 25.9 Å². The number of aliphatic hydroxyl groups is 1. The zero-order valence-electron chi connectivity index (χ0n) is 31.4. The predicted molar refractivity (Wildman–Crippen MR) is 202 cm³/mol. The van der Waals surface area contributed by atoms with Crippen molar-refractivity contribution in [1.82, 2.24) is 20.7 Å². The minimum Gasteiger partial charge on any atom is -0.496 e. The second kappa shape index (κ2) is 15.6. The molecule has 3 saturated carbocycles. The smallest absolute Gasteiger partial charge is 0.240 e. The number of anilines is 1. The monoisotopic (exact) mass is 698 g/mol. The number of hydrogen-bond acceptors (Lipinski definition) is 9. The van der Waals surface area contributed by atoms with Crippen LogP contribution in [0.15, 0.2) is 60.8 Å². The lowest BCUT2D eigenvalue weighted by Crippen LogP contribution is -2.62. The molecule has 1 amide bonds. The normalized spacial score (nSPS) is 27.4. The van der Waals surface area contributed by atoms with Crippen molar-refractivity contribution in [2.24, 2.45) is 34.8 Å². The Balaban J connectivity index is 1.24. The molecular weight excluding hydrogens is 640 g/mol. The van der Waals surface area contributed by atoms with Gasteiger partial charge in [-0.3, -0.25) is 14.6 Å². The zero-order chi connectivity index (χ0) is 36.4. The maximum absolute atomic E-state index is 14.3. The minimum absolute atomic E-state index is 0.100. The molecule has 7 rings (SSSR count). The first kappa shape index (κ1) is 37.2. The second-order valence-corrected chi connectivity index (χ2v) is 15.8. The third kappa shape index (κ3) is 7.66. The highest BCUT2D eigenvalue weighted by molar-refractivity contribution is 5.83. The molecule has 1 unspecified atom stereocenters. The Morgan fingerprint density at radius 3 is 2.63 bits per heavy atom. The topological polar surface area (TPSA) is 125 Å². The molecule has 276 valence electrons. The Kier molecular flexibility index (Phi) is 11.4. The SMILES string of the molecule is COc1c(CN2O[C@@H](CN)[C@@H]([C@H](C)O)[C@H]2C(=O)NC2C[C@H]3C[C@@H]([C@@H]2C)C3(C)C)cccc1-c1cc(CNCCc2ccccn2)cc(N(C)C)c1. The van der Waals surface area contributed by atoms with E-state index in [4.69, 9.17) is 15.3 Å². The van der Waals surface area contributed by atoms with Gasteiger partial charge in [0, 0.05) is 80.8 Å². The maximum Gasteiger partial charge on any atom is 0.240 e. The van der Waals surface area contributed by atoms with Crippen LogP contribution in [0.4, 0.5) is 5.69 Å². The van der Waals surface area contributed by atoms with Gasteiger partial charge in [-0.2, -0.15) is 5.06 Å². The summed E-state index contributed by atoms with van der Waals surface area (Å²) >= 11 is 0. The van der Waals surface area contributed by atoms with Crippen LogP contribution in [-0.2, 0) is 29.1 Å². The van der Waals surface area contributed by atoms with Gasteiger partial charge < -0.3 is 31.1 Å². The first-order valence-corrected chi connectivity index (χ1v) is 18.6. The van der Waals surface area contributed by atoms with Crippen molar-refractivity contribution in [3.63, 3.8) is 0 Å². The fourth-order valence-corrected chi connectivity index (χ4v) is 9.06. The van der Waals surface area contributed by atoms with Crippen molar-refractivity contribution >= 4 is 11.6 Å². The number of hydrogen-bond donors (Lipinski definition) is 4. The van der Waals surface area contributed by atoms with E-state index in [-0.39, 0.29) is 18.5 Å². The molecule has 10 nitrogen and oxygen atoms in total. The number of nitrogens with one attached hydrogen (secondary N) is 2. The molecular formula is C41H58N6O4. The fraction of sp³-hybridized carbons (Fsp3) is 0.561. The average molecular weight is 699 g/mol. The molecule has 5 N–H and O–H groups in total. The first-order valence-electron chi connectivity index (χ1n) is 18.6. The van der Waals surface area contributed by atoms with Crippen LogP contribution in [0.25, 0.3) is 11.1 Å². The summed E-state index contributed by atoms with van der Waals surface area (Å²) < 4.78 is 6.13. The second-order valence-electron chi connectivity index (χ2n) is 15.8. The van der Waals surface area contributed by atoms with Gasteiger partial charge in [0.25, 0.3) is 0 Å². The Hall–Kier alpha value is -3.54. The molecule has 0 radical (unpaired) electrons. The number of carbonyl (C=O) groups excluding carboxylic acids is 1. The highest BCUT2D eigenvalue weighted by Gasteiger charge is 2.57. The first-order chi connectivity index (χ1) is 24.4. The Morgan fingerprint density at radius 2 is 1.98 bits per heavy atom. The van der Waals surface area contributed by atoms with Crippen LogP contribution in [0.5, 0.6) is 5.75 Å². The summed E-state index contributed by atoms with van der Waals surface area (Å²) in [7, 11) is 5.78.